The first-order chi connectivity index (χ1) is 6.50. The number of amides is 2. The Kier molecular flexibility index (Phi) is 2.96. The number of nitrogens with zero attached hydrogens (tertiary/aromatic N) is 1. The van der Waals surface area contributed by atoms with Crippen LogP contribution in [0.5, 0.6) is 5.75 Å². The molecule has 0 saturated carbocycles. The van der Waals surface area contributed by atoms with Crippen molar-refractivity contribution < 1.29 is 9.90 Å². The van der Waals surface area contributed by atoms with Gasteiger partial charge in [-0.2, -0.15) is 0 Å². The lowest BCUT2D eigenvalue weighted by molar-refractivity contribution is 0.230. The van der Waals surface area contributed by atoms with Gasteiger partial charge in [-0.05, 0) is 30.7 Å². The number of nitrogens with one attached hydrogen (secondary N) is 1. The molecule has 2 N–H and O–H groups in total. The zero-order valence-electron chi connectivity index (χ0n) is 8.53. The second kappa shape index (κ2) is 4.00. The van der Waals surface area contributed by atoms with Crippen LogP contribution < -0.4 is 5.32 Å². The molecular formula is C10H14N2O2. The van der Waals surface area contributed by atoms with Crippen molar-refractivity contribution in [3.8, 4) is 5.75 Å². The minimum absolute atomic E-state index is 0.182. The quantitative estimate of drug-likeness (QED) is 0.670. The van der Waals surface area contributed by atoms with E-state index in [4.69, 9.17) is 5.11 Å². The van der Waals surface area contributed by atoms with Gasteiger partial charge < -0.3 is 15.3 Å². The molecule has 4 nitrogen and oxygen atoms in total. The molecule has 14 heavy (non-hydrogen) atoms. The largest absolute Gasteiger partial charge is 0.508 e. The topological polar surface area (TPSA) is 52.6 Å². The zero-order valence-corrected chi connectivity index (χ0v) is 8.53. The average Bonchev–Trinajstić information content (AvgIpc) is 2.09. The molecule has 1 rings (SSSR count). The van der Waals surface area contributed by atoms with Crippen LogP contribution in [0.25, 0.3) is 0 Å². The van der Waals surface area contributed by atoms with Gasteiger partial charge in [0.25, 0.3) is 0 Å². The normalized spacial score (nSPS) is 9.64. The standard InChI is InChI=1S/C10H14N2O2/c1-7-6-8(13)4-5-9(7)11-10(14)12(2)3/h4-6,13H,1-3H3,(H,11,14). The van der Waals surface area contributed by atoms with Crippen molar-refractivity contribution >= 4 is 11.7 Å². The molecule has 0 aliphatic rings. The Balaban J connectivity index is 2.82. The fourth-order valence-corrected chi connectivity index (χ4v) is 1.02. The summed E-state index contributed by atoms with van der Waals surface area (Å²) in [6, 6.07) is 4.63. The predicted molar refractivity (Wildman–Crippen MR) is 55.5 cm³/mol. The maximum atomic E-state index is 11.3. The minimum atomic E-state index is -0.182. The first-order valence-corrected chi connectivity index (χ1v) is 4.28. The van der Waals surface area contributed by atoms with E-state index in [1.807, 2.05) is 6.92 Å². The summed E-state index contributed by atoms with van der Waals surface area (Å²) in [6.07, 6.45) is 0. The number of aryl methyl sites for hydroxylation is 1. The lowest BCUT2D eigenvalue weighted by atomic mass is 10.2. The third-order valence-electron chi connectivity index (χ3n) is 1.86. The van der Waals surface area contributed by atoms with Crippen molar-refractivity contribution in [3.63, 3.8) is 0 Å². The number of carbonyl (C=O) groups excluding carboxylic acids is 1. The molecule has 0 unspecified atom stereocenters. The summed E-state index contributed by atoms with van der Waals surface area (Å²) in [5.41, 5.74) is 1.54. The van der Waals surface area contributed by atoms with Gasteiger partial charge in [0.15, 0.2) is 0 Å². The molecule has 0 fully saturated rings. The van der Waals surface area contributed by atoms with Gasteiger partial charge >= 0.3 is 6.03 Å². The van der Waals surface area contributed by atoms with Gasteiger partial charge in [0.1, 0.15) is 5.75 Å². The van der Waals surface area contributed by atoms with Gasteiger partial charge in [-0.3, -0.25) is 0 Å². The maximum absolute atomic E-state index is 11.3. The van der Waals surface area contributed by atoms with Gasteiger partial charge in [-0.25, -0.2) is 4.79 Å². The van der Waals surface area contributed by atoms with Crippen molar-refractivity contribution in [2.24, 2.45) is 0 Å². The van der Waals surface area contributed by atoms with Gasteiger partial charge in [0.2, 0.25) is 0 Å². The minimum Gasteiger partial charge on any atom is -0.508 e. The van der Waals surface area contributed by atoms with Crippen molar-refractivity contribution in [2.75, 3.05) is 19.4 Å². The predicted octanol–water partition coefficient (Wildman–Crippen LogP) is 1.79. The van der Waals surface area contributed by atoms with Crippen molar-refractivity contribution in [3.05, 3.63) is 23.8 Å². The summed E-state index contributed by atoms with van der Waals surface area (Å²) in [6.45, 7) is 1.82. The molecule has 0 aliphatic carbocycles. The Morgan fingerprint density at radius 2 is 2.07 bits per heavy atom. The fraction of sp³-hybridized carbons (Fsp3) is 0.300. The number of rotatable bonds is 1. The zero-order chi connectivity index (χ0) is 10.7. The number of benzene rings is 1. The number of aromatic hydroxyl groups is 1. The summed E-state index contributed by atoms with van der Waals surface area (Å²) >= 11 is 0. The highest BCUT2D eigenvalue weighted by Crippen LogP contribution is 2.20. The Morgan fingerprint density at radius 1 is 1.43 bits per heavy atom. The van der Waals surface area contributed by atoms with Crippen LogP contribution in [0.2, 0.25) is 0 Å². The van der Waals surface area contributed by atoms with Gasteiger partial charge in [0, 0.05) is 19.8 Å². The van der Waals surface area contributed by atoms with Gasteiger partial charge in [-0.1, -0.05) is 0 Å². The SMILES string of the molecule is Cc1cc(O)ccc1NC(=O)N(C)C. The molecule has 2 amide bonds. The van der Waals surface area contributed by atoms with E-state index < -0.39 is 0 Å². The second-order valence-corrected chi connectivity index (χ2v) is 3.32. The van der Waals surface area contributed by atoms with Gasteiger partial charge in [-0.15, -0.1) is 0 Å². The number of phenols is 1. The fourth-order valence-electron chi connectivity index (χ4n) is 1.02. The number of hydrogen-bond donors (Lipinski definition) is 2. The van der Waals surface area contributed by atoms with Crippen molar-refractivity contribution in [1.29, 1.82) is 0 Å². The number of urea groups is 1. The highest BCUT2D eigenvalue weighted by Gasteiger charge is 2.05. The molecule has 1 aromatic carbocycles. The van der Waals surface area contributed by atoms with Crippen LogP contribution in [0.3, 0.4) is 0 Å². The molecule has 76 valence electrons. The average molecular weight is 194 g/mol. The van der Waals surface area contributed by atoms with E-state index >= 15 is 0 Å². The summed E-state index contributed by atoms with van der Waals surface area (Å²) in [7, 11) is 3.34. The third-order valence-corrected chi connectivity index (χ3v) is 1.86. The Morgan fingerprint density at radius 3 is 2.57 bits per heavy atom. The monoisotopic (exact) mass is 194 g/mol. The van der Waals surface area contributed by atoms with Crippen LogP contribution in [0.4, 0.5) is 10.5 Å². The summed E-state index contributed by atoms with van der Waals surface area (Å²) in [4.78, 5) is 12.8. The van der Waals surface area contributed by atoms with E-state index in [9.17, 15) is 4.79 Å². The lowest BCUT2D eigenvalue weighted by Crippen LogP contribution is -2.27. The first-order valence-electron chi connectivity index (χ1n) is 4.28. The molecule has 0 radical (unpaired) electrons. The summed E-state index contributed by atoms with van der Waals surface area (Å²) in [5.74, 6) is 0.199. The summed E-state index contributed by atoms with van der Waals surface area (Å²) < 4.78 is 0. The van der Waals surface area contributed by atoms with Crippen LogP contribution in [-0.4, -0.2) is 30.1 Å². The summed E-state index contributed by atoms with van der Waals surface area (Å²) in [5, 5.41) is 11.9. The van der Waals surface area contributed by atoms with Crippen LogP contribution in [0, 0.1) is 6.92 Å². The van der Waals surface area contributed by atoms with E-state index in [1.54, 1.807) is 26.2 Å². The van der Waals surface area contributed by atoms with E-state index in [0.29, 0.717) is 5.69 Å². The third kappa shape index (κ3) is 2.39. The molecule has 1 aromatic rings. The van der Waals surface area contributed by atoms with E-state index in [2.05, 4.69) is 5.32 Å². The van der Waals surface area contributed by atoms with E-state index in [0.717, 1.165) is 5.56 Å². The molecule has 0 aliphatic heterocycles. The molecule has 0 aromatic heterocycles. The Hall–Kier alpha value is -1.71. The molecule has 0 saturated heterocycles. The van der Waals surface area contributed by atoms with Crippen LogP contribution in [0.15, 0.2) is 18.2 Å². The smallest absolute Gasteiger partial charge is 0.321 e. The van der Waals surface area contributed by atoms with E-state index in [1.165, 1.54) is 11.0 Å². The molecule has 0 spiro atoms. The second-order valence-electron chi connectivity index (χ2n) is 3.32. The lowest BCUT2D eigenvalue weighted by Gasteiger charge is -2.13. The van der Waals surface area contributed by atoms with E-state index in [-0.39, 0.29) is 11.8 Å². The molecular weight excluding hydrogens is 180 g/mol. The van der Waals surface area contributed by atoms with Crippen LogP contribution >= 0.6 is 0 Å². The number of carbonyl (C=O) groups is 1. The van der Waals surface area contributed by atoms with Crippen molar-refractivity contribution in [1.82, 2.24) is 4.90 Å². The molecule has 0 atom stereocenters. The highest BCUT2D eigenvalue weighted by atomic mass is 16.3. The van der Waals surface area contributed by atoms with Gasteiger partial charge in [0.05, 0.1) is 0 Å². The molecule has 0 bridgehead atoms. The Bertz CT molecular complexity index is 348. The number of anilines is 1. The van der Waals surface area contributed by atoms with Crippen LogP contribution in [-0.2, 0) is 0 Å². The highest BCUT2D eigenvalue weighted by molar-refractivity contribution is 5.89. The van der Waals surface area contributed by atoms with Crippen LogP contribution in [0.1, 0.15) is 5.56 Å². The first kappa shape index (κ1) is 10.4. The molecule has 0 heterocycles. The molecule has 4 heteroatoms. The van der Waals surface area contributed by atoms with Crippen molar-refractivity contribution in [2.45, 2.75) is 6.92 Å². The maximum Gasteiger partial charge on any atom is 0.321 e. The Labute approximate surface area is 83.2 Å². The number of hydrogen-bond acceptors (Lipinski definition) is 2. The number of phenolic OH excluding ortho intramolecular Hbond substituents is 1.